The van der Waals surface area contributed by atoms with Crippen molar-refractivity contribution in [2.75, 3.05) is 6.61 Å². The molecule has 0 aliphatic heterocycles. The highest BCUT2D eigenvalue weighted by atomic mass is 35.5. The van der Waals surface area contributed by atoms with Gasteiger partial charge in [0.1, 0.15) is 6.10 Å². The summed E-state index contributed by atoms with van der Waals surface area (Å²) in [6.45, 7) is 1.44. The number of alkyl halides is 3. The Kier molecular flexibility index (Phi) is 5.38. The number of ether oxygens (including phenoxy) is 1. The number of esters is 1. The van der Waals surface area contributed by atoms with Crippen LogP contribution < -0.4 is 0 Å². The van der Waals surface area contributed by atoms with Gasteiger partial charge in [0.15, 0.2) is 6.10 Å². The number of aliphatic hydroxyl groups is 2. The van der Waals surface area contributed by atoms with Gasteiger partial charge < -0.3 is 14.9 Å². The van der Waals surface area contributed by atoms with E-state index in [0.717, 1.165) is 18.2 Å². The summed E-state index contributed by atoms with van der Waals surface area (Å²) >= 11 is 5.57. The molecule has 2 N–H and O–H groups in total. The standard InChI is InChI=1S/C12H12ClF3O4/c1-2-20-11(19)10(18)9(17)6-4-3-5-7(8(6)13)12(14,15)16/h3-5,9-10,17-18H,2H2,1H3. The number of aliphatic hydroxyl groups excluding tert-OH is 2. The van der Waals surface area contributed by atoms with Crippen molar-refractivity contribution in [2.24, 2.45) is 0 Å². The summed E-state index contributed by atoms with van der Waals surface area (Å²) in [5.74, 6) is -1.14. The van der Waals surface area contributed by atoms with E-state index in [4.69, 9.17) is 11.6 Å². The molecule has 0 bridgehead atoms. The van der Waals surface area contributed by atoms with Gasteiger partial charge in [-0.05, 0) is 13.0 Å². The number of carbonyl (C=O) groups excluding carboxylic acids is 1. The monoisotopic (exact) mass is 312 g/mol. The second kappa shape index (κ2) is 6.43. The lowest BCUT2D eigenvalue weighted by Crippen LogP contribution is -2.30. The van der Waals surface area contributed by atoms with E-state index in [1.54, 1.807) is 0 Å². The maximum atomic E-state index is 12.7. The minimum absolute atomic E-state index is 0.0427. The predicted octanol–water partition coefficient (Wildman–Crippen LogP) is 2.32. The van der Waals surface area contributed by atoms with Crippen molar-refractivity contribution in [2.45, 2.75) is 25.3 Å². The molecule has 0 aliphatic carbocycles. The van der Waals surface area contributed by atoms with Crippen LogP contribution in [0.3, 0.4) is 0 Å². The molecular weight excluding hydrogens is 301 g/mol. The van der Waals surface area contributed by atoms with E-state index in [2.05, 4.69) is 4.74 Å². The number of rotatable bonds is 4. The highest BCUT2D eigenvalue weighted by molar-refractivity contribution is 6.32. The van der Waals surface area contributed by atoms with Crippen molar-refractivity contribution in [3.05, 3.63) is 34.3 Å². The molecule has 0 aromatic heterocycles. The first-order chi connectivity index (χ1) is 9.20. The number of benzene rings is 1. The Balaban J connectivity index is 3.11. The molecule has 112 valence electrons. The average molecular weight is 313 g/mol. The van der Waals surface area contributed by atoms with Gasteiger partial charge in [0.25, 0.3) is 0 Å². The van der Waals surface area contributed by atoms with E-state index in [0.29, 0.717) is 0 Å². The summed E-state index contributed by atoms with van der Waals surface area (Å²) in [5.41, 5.74) is -1.56. The molecule has 0 heterocycles. The molecule has 20 heavy (non-hydrogen) atoms. The molecule has 1 aromatic carbocycles. The van der Waals surface area contributed by atoms with Crippen molar-refractivity contribution in [1.82, 2.24) is 0 Å². The van der Waals surface area contributed by atoms with Crippen LogP contribution >= 0.6 is 11.6 Å². The summed E-state index contributed by atoms with van der Waals surface area (Å²) in [6.07, 6.45) is -8.64. The molecule has 2 atom stereocenters. The Labute approximate surface area is 117 Å². The zero-order valence-electron chi connectivity index (χ0n) is 10.3. The summed E-state index contributed by atoms with van der Waals surface area (Å²) in [7, 11) is 0. The van der Waals surface area contributed by atoms with Gasteiger partial charge >= 0.3 is 12.1 Å². The number of hydrogen-bond acceptors (Lipinski definition) is 4. The van der Waals surface area contributed by atoms with Crippen molar-refractivity contribution in [3.63, 3.8) is 0 Å². The number of hydrogen-bond donors (Lipinski definition) is 2. The third-order valence-electron chi connectivity index (χ3n) is 2.48. The van der Waals surface area contributed by atoms with Gasteiger partial charge in [0, 0.05) is 5.56 Å². The summed E-state index contributed by atoms with van der Waals surface area (Å²) in [5, 5.41) is 18.5. The lowest BCUT2D eigenvalue weighted by atomic mass is 10.0. The molecule has 4 nitrogen and oxygen atoms in total. The van der Waals surface area contributed by atoms with Crippen LogP contribution in [0.5, 0.6) is 0 Å². The fourth-order valence-electron chi connectivity index (χ4n) is 1.52. The van der Waals surface area contributed by atoms with E-state index < -0.39 is 40.5 Å². The maximum Gasteiger partial charge on any atom is 0.417 e. The van der Waals surface area contributed by atoms with Gasteiger partial charge in [-0.3, -0.25) is 0 Å². The Morgan fingerprint density at radius 2 is 2.00 bits per heavy atom. The van der Waals surface area contributed by atoms with Gasteiger partial charge in [-0.25, -0.2) is 4.79 Å². The van der Waals surface area contributed by atoms with E-state index in [-0.39, 0.29) is 6.61 Å². The Morgan fingerprint density at radius 1 is 1.40 bits per heavy atom. The quantitative estimate of drug-likeness (QED) is 0.837. The van der Waals surface area contributed by atoms with Crippen LogP contribution in [-0.4, -0.2) is 28.9 Å². The van der Waals surface area contributed by atoms with Crippen LogP contribution in [-0.2, 0) is 15.7 Å². The van der Waals surface area contributed by atoms with Crippen LogP contribution in [0, 0.1) is 0 Å². The van der Waals surface area contributed by atoms with E-state index in [9.17, 15) is 28.2 Å². The molecule has 0 radical (unpaired) electrons. The van der Waals surface area contributed by atoms with E-state index in [1.165, 1.54) is 6.92 Å². The molecule has 0 fully saturated rings. The second-order valence-electron chi connectivity index (χ2n) is 3.85. The highest BCUT2D eigenvalue weighted by Crippen LogP contribution is 2.38. The van der Waals surface area contributed by atoms with Gasteiger partial charge in [0.05, 0.1) is 17.2 Å². The largest absolute Gasteiger partial charge is 0.464 e. The molecule has 2 unspecified atom stereocenters. The van der Waals surface area contributed by atoms with Crippen LogP contribution in [0.25, 0.3) is 0 Å². The smallest absolute Gasteiger partial charge is 0.417 e. The van der Waals surface area contributed by atoms with Gasteiger partial charge in [-0.2, -0.15) is 13.2 Å². The summed E-state index contributed by atoms with van der Waals surface area (Å²) < 4.78 is 42.4. The fraction of sp³-hybridized carbons (Fsp3) is 0.417. The van der Waals surface area contributed by atoms with E-state index in [1.807, 2.05) is 0 Å². The van der Waals surface area contributed by atoms with E-state index >= 15 is 0 Å². The summed E-state index contributed by atoms with van der Waals surface area (Å²) in [4.78, 5) is 11.3. The molecule has 0 amide bonds. The van der Waals surface area contributed by atoms with Gasteiger partial charge in [0.2, 0.25) is 0 Å². The molecule has 0 saturated carbocycles. The van der Waals surface area contributed by atoms with Crippen molar-refractivity contribution < 1.29 is 32.9 Å². The fourth-order valence-corrected chi connectivity index (χ4v) is 1.87. The zero-order chi connectivity index (χ0) is 15.5. The first kappa shape index (κ1) is 16.7. The topological polar surface area (TPSA) is 66.8 Å². The zero-order valence-corrected chi connectivity index (χ0v) is 11.1. The predicted molar refractivity (Wildman–Crippen MR) is 64.1 cm³/mol. The van der Waals surface area contributed by atoms with Crippen LogP contribution in [0.15, 0.2) is 18.2 Å². The Bertz CT molecular complexity index is 490. The third kappa shape index (κ3) is 3.62. The molecule has 1 rings (SSSR count). The molecule has 0 saturated heterocycles. The molecular formula is C12H12ClF3O4. The van der Waals surface area contributed by atoms with Gasteiger partial charge in [-0.1, -0.05) is 23.7 Å². The van der Waals surface area contributed by atoms with Crippen LogP contribution in [0.2, 0.25) is 5.02 Å². The average Bonchev–Trinajstić information content (AvgIpc) is 2.36. The van der Waals surface area contributed by atoms with Crippen molar-refractivity contribution in [1.29, 1.82) is 0 Å². The Hall–Kier alpha value is -1.31. The summed E-state index contributed by atoms with van der Waals surface area (Å²) in [6, 6.07) is 2.84. The van der Waals surface area contributed by atoms with Crippen molar-refractivity contribution in [3.8, 4) is 0 Å². The molecule has 1 aromatic rings. The SMILES string of the molecule is CCOC(=O)C(O)C(O)c1cccc(C(F)(F)F)c1Cl. The first-order valence-electron chi connectivity index (χ1n) is 5.58. The minimum Gasteiger partial charge on any atom is -0.464 e. The lowest BCUT2D eigenvalue weighted by molar-refractivity contribution is -0.159. The van der Waals surface area contributed by atoms with Crippen molar-refractivity contribution >= 4 is 17.6 Å². The highest BCUT2D eigenvalue weighted by Gasteiger charge is 2.36. The van der Waals surface area contributed by atoms with Crippen LogP contribution in [0.1, 0.15) is 24.2 Å². The van der Waals surface area contributed by atoms with Gasteiger partial charge in [-0.15, -0.1) is 0 Å². The normalized spacial score (nSPS) is 14.8. The molecule has 0 aliphatic rings. The third-order valence-corrected chi connectivity index (χ3v) is 2.90. The number of carbonyl (C=O) groups is 1. The number of halogens is 4. The van der Waals surface area contributed by atoms with Crippen LogP contribution in [0.4, 0.5) is 13.2 Å². The minimum atomic E-state index is -4.71. The first-order valence-corrected chi connectivity index (χ1v) is 5.96. The molecule has 8 heteroatoms. The Morgan fingerprint density at radius 3 is 2.50 bits per heavy atom. The lowest BCUT2D eigenvalue weighted by Gasteiger charge is -2.19. The molecule has 0 spiro atoms. The second-order valence-corrected chi connectivity index (χ2v) is 4.23. The maximum absolute atomic E-state index is 12.7.